The van der Waals surface area contributed by atoms with E-state index in [4.69, 9.17) is 34.8 Å². The lowest BCUT2D eigenvalue weighted by molar-refractivity contribution is -0.139. The van der Waals surface area contributed by atoms with Gasteiger partial charge in [-0.2, -0.15) is 0 Å². The van der Waals surface area contributed by atoms with Crippen LogP contribution in [-0.4, -0.2) is 53.2 Å². The standard InChI is InChI=1S/C24H26Cl3N3O5/c25-15-4-1-3-14(11-15)20(31)7-6-13-9-16(26)21(17(27)10-13)23(33)30-19(24(34)35)12-29-22(32)18-5-2-8-28-18/h1,3-4,9-11,18-20,28,31H,2,5-8,12H2,(H,29,32)(H,30,33)(H,34,35)/t18-,19+,20?/m1/s1. The van der Waals surface area contributed by atoms with Crippen LogP contribution in [0.2, 0.25) is 15.1 Å². The number of rotatable bonds is 10. The number of hydrogen-bond donors (Lipinski definition) is 5. The Bertz CT molecular complexity index is 1070. The smallest absolute Gasteiger partial charge is 0.328 e. The maximum absolute atomic E-state index is 12.8. The highest BCUT2D eigenvalue weighted by Gasteiger charge is 2.27. The Morgan fingerprint density at radius 2 is 1.83 bits per heavy atom. The molecule has 0 aliphatic carbocycles. The molecule has 1 aliphatic heterocycles. The third-order valence-electron chi connectivity index (χ3n) is 5.73. The van der Waals surface area contributed by atoms with Crippen LogP contribution >= 0.6 is 34.8 Å². The van der Waals surface area contributed by atoms with Crippen LogP contribution in [0.25, 0.3) is 0 Å². The van der Waals surface area contributed by atoms with Gasteiger partial charge in [-0.15, -0.1) is 0 Å². The van der Waals surface area contributed by atoms with Crippen LogP contribution in [0.4, 0.5) is 0 Å². The van der Waals surface area contributed by atoms with Crippen molar-refractivity contribution in [2.75, 3.05) is 13.1 Å². The fraction of sp³-hybridized carbons (Fsp3) is 0.375. The molecule has 2 amide bonds. The Balaban J connectivity index is 1.62. The molecule has 5 N–H and O–H groups in total. The van der Waals surface area contributed by atoms with Crippen LogP contribution in [0, 0.1) is 0 Å². The molecule has 0 spiro atoms. The maximum atomic E-state index is 12.8. The molecule has 2 aromatic carbocycles. The van der Waals surface area contributed by atoms with E-state index in [-0.39, 0.29) is 34.1 Å². The maximum Gasteiger partial charge on any atom is 0.328 e. The number of benzene rings is 2. The molecule has 188 valence electrons. The van der Waals surface area contributed by atoms with Crippen LogP contribution in [0.3, 0.4) is 0 Å². The van der Waals surface area contributed by atoms with E-state index in [0.717, 1.165) is 13.0 Å². The van der Waals surface area contributed by atoms with Gasteiger partial charge in [0, 0.05) is 11.6 Å². The summed E-state index contributed by atoms with van der Waals surface area (Å²) in [6, 6.07) is 8.30. The Labute approximate surface area is 217 Å². The minimum atomic E-state index is -1.37. The third kappa shape index (κ3) is 7.56. The largest absolute Gasteiger partial charge is 0.480 e. The lowest BCUT2D eigenvalue weighted by Gasteiger charge is -2.18. The van der Waals surface area contributed by atoms with Crippen molar-refractivity contribution in [1.82, 2.24) is 16.0 Å². The average molecular weight is 543 g/mol. The molecule has 1 saturated heterocycles. The van der Waals surface area contributed by atoms with Gasteiger partial charge < -0.3 is 26.2 Å². The summed E-state index contributed by atoms with van der Waals surface area (Å²) in [5.74, 6) is -2.40. The van der Waals surface area contributed by atoms with E-state index in [0.29, 0.717) is 35.4 Å². The summed E-state index contributed by atoms with van der Waals surface area (Å²) in [7, 11) is 0. The molecule has 1 aliphatic rings. The first kappa shape index (κ1) is 27.2. The highest BCUT2D eigenvalue weighted by atomic mass is 35.5. The number of carboxylic acid groups (broad SMARTS) is 1. The van der Waals surface area contributed by atoms with Crippen molar-refractivity contribution in [3.63, 3.8) is 0 Å². The quantitative estimate of drug-likeness (QED) is 0.313. The van der Waals surface area contributed by atoms with Crippen molar-refractivity contribution in [3.05, 3.63) is 68.2 Å². The SMILES string of the molecule is O=C(N[C@@H](CNC(=O)[C@H]1CCCN1)C(=O)O)c1c(Cl)cc(CCC(O)c2cccc(Cl)c2)cc1Cl. The second kappa shape index (κ2) is 12.6. The molecular weight excluding hydrogens is 517 g/mol. The lowest BCUT2D eigenvalue weighted by atomic mass is 10.0. The average Bonchev–Trinajstić information content (AvgIpc) is 3.34. The van der Waals surface area contributed by atoms with Gasteiger partial charge in [0.1, 0.15) is 6.04 Å². The predicted octanol–water partition coefficient (Wildman–Crippen LogP) is 3.36. The van der Waals surface area contributed by atoms with E-state index in [1.54, 1.807) is 36.4 Å². The molecule has 2 aromatic rings. The summed E-state index contributed by atoms with van der Waals surface area (Å²) in [5.41, 5.74) is 1.31. The molecule has 1 heterocycles. The molecule has 1 fully saturated rings. The first-order valence-corrected chi connectivity index (χ1v) is 12.2. The Kier molecular flexibility index (Phi) is 9.77. The number of nitrogens with one attached hydrogen (secondary N) is 3. The molecule has 11 heteroatoms. The molecule has 0 aromatic heterocycles. The van der Waals surface area contributed by atoms with Crippen LogP contribution < -0.4 is 16.0 Å². The fourth-order valence-electron chi connectivity index (χ4n) is 3.84. The summed E-state index contributed by atoms with van der Waals surface area (Å²) >= 11 is 18.6. The second-order valence-electron chi connectivity index (χ2n) is 8.30. The zero-order valence-electron chi connectivity index (χ0n) is 18.7. The van der Waals surface area contributed by atoms with Crippen molar-refractivity contribution < 1.29 is 24.6 Å². The van der Waals surface area contributed by atoms with E-state index < -0.39 is 24.0 Å². The van der Waals surface area contributed by atoms with Gasteiger partial charge in [-0.1, -0.05) is 46.9 Å². The minimum absolute atomic E-state index is 0.0468. The van der Waals surface area contributed by atoms with Crippen LogP contribution in [0.1, 0.15) is 46.9 Å². The van der Waals surface area contributed by atoms with Gasteiger partial charge in [0.05, 0.1) is 27.8 Å². The van der Waals surface area contributed by atoms with Gasteiger partial charge in [0.15, 0.2) is 0 Å². The van der Waals surface area contributed by atoms with Gasteiger partial charge in [-0.3, -0.25) is 9.59 Å². The lowest BCUT2D eigenvalue weighted by Crippen LogP contribution is -2.51. The number of halogens is 3. The van der Waals surface area contributed by atoms with Gasteiger partial charge >= 0.3 is 5.97 Å². The highest BCUT2D eigenvalue weighted by molar-refractivity contribution is 6.39. The van der Waals surface area contributed by atoms with Crippen LogP contribution in [0.15, 0.2) is 36.4 Å². The zero-order chi connectivity index (χ0) is 25.5. The first-order valence-electron chi connectivity index (χ1n) is 11.1. The number of aliphatic hydroxyl groups is 1. The van der Waals surface area contributed by atoms with Gasteiger partial charge in [0.25, 0.3) is 5.91 Å². The molecule has 8 nitrogen and oxygen atoms in total. The second-order valence-corrected chi connectivity index (χ2v) is 9.55. The summed E-state index contributed by atoms with van der Waals surface area (Å²) in [6.45, 7) is 0.441. The summed E-state index contributed by atoms with van der Waals surface area (Å²) < 4.78 is 0. The molecule has 3 rings (SSSR count). The van der Waals surface area contributed by atoms with Crippen LogP contribution in [-0.2, 0) is 16.0 Å². The molecule has 0 bridgehead atoms. The molecule has 1 unspecified atom stereocenters. The van der Waals surface area contributed by atoms with Crippen molar-refractivity contribution in [2.24, 2.45) is 0 Å². The van der Waals surface area contributed by atoms with Crippen molar-refractivity contribution in [1.29, 1.82) is 0 Å². The number of carboxylic acids is 1. The molecule has 3 atom stereocenters. The topological polar surface area (TPSA) is 128 Å². The predicted molar refractivity (Wildman–Crippen MR) is 134 cm³/mol. The molecular formula is C24H26Cl3N3O5. The van der Waals surface area contributed by atoms with Gasteiger partial charge in [-0.05, 0) is 67.6 Å². The zero-order valence-corrected chi connectivity index (χ0v) is 21.0. The molecule has 0 saturated carbocycles. The molecule has 0 radical (unpaired) electrons. The van der Waals surface area contributed by atoms with E-state index in [9.17, 15) is 24.6 Å². The fourth-order valence-corrected chi connectivity index (χ4v) is 4.74. The van der Waals surface area contributed by atoms with Gasteiger partial charge in [0.2, 0.25) is 5.91 Å². The normalized spacial score (nSPS) is 17.0. The molecule has 35 heavy (non-hydrogen) atoms. The summed E-state index contributed by atoms with van der Waals surface area (Å²) in [6.07, 6.45) is 1.58. The van der Waals surface area contributed by atoms with E-state index in [1.807, 2.05) is 0 Å². The van der Waals surface area contributed by atoms with Crippen molar-refractivity contribution >= 4 is 52.6 Å². The first-order chi connectivity index (χ1) is 16.7. The van der Waals surface area contributed by atoms with E-state index in [1.165, 1.54) is 0 Å². The van der Waals surface area contributed by atoms with Gasteiger partial charge in [-0.25, -0.2) is 4.79 Å². The third-order valence-corrected chi connectivity index (χ3v) is 6.56. The van der Waals surface area contributed by atoms with Crippen LogP contribution in [0.5, 0.6) is 0 Å². The monoisotopic (exact) mass is 541 g/mol. The number of carbonyl (C=O) groups is 3. The highest BCUT2D eigenvalue weighted by Crippen LogP contribution is 2.29. The van der Waals surface area contributed by atoms with E-state index in [2.05, 4.69) is 16.0 Å². The Hall–Kier alpha value is -2.36. The minimum Gasteiger partial charge on any atom is -0.480 e. The van der Waals surface area contributed by atoms with Crippen molar-refractivity contribution in [2.45, 2.75) is 43.9 Å². The Morgan fingerprint density at radius 1 is 1.11 bits per heavy atom. The van der Waals surface area contributed by atoms with E-state index >= 15 is 0 Å². The number of aryl methyl sites for hydroxylation is 1. The number of aliphatic hydroxyl groups excluding tert-OH is 1. The number of carbonyl (C=O) groups excluding carboxylic acids is 2. The number of aliphatic carboxylic acids is 1. The summed E-state index contributed by atoms with van der Waals surface area (Å²) in [4.78, 5) is 36.6. The number of amides is 2. The Morgan fingerprint density at radius 3 is 2.43 bits per heavy atom. The van der Waals surface area contributed by atoms with Crippen molar-refractivity contribution in [3.8, 4) is 0 Å². The number of hydrogen-bond acceptors (Lipinski definition) is 5. The summed E-state index contributed by atoms with van der Waals surface area (Å²) in [5, 5.41) is 28.5.